The lowest BCUT2D eigenvalue weighted by molar-refractivity contribution is 1.07. The third-order valence-corrected chi connectivity index (χ3v) is 10.6. The molecule has 0 saturated heterocycles. The van der Waals surface area contributed by atoms with Crippen LogP contribution in [0.2, 0.25) is 0 Å². The largest absolute Gasteiger partial charge is 0.353 e. The van der Waals surface area contributed by atoms with E-state index in [0.717, 1.165) is 56.0 Å². The number of para-hydroxylation sites is 2. The van der Waals surface area contributed by atoms with E-state index in [1.54, 1.807) is 6.08 Å². The number of H-pyrrole nitrogens is 1. The van der Waals surface area contributed by atoms with Gasteiger partial charge in [0.1, 0.15) is 5.82 Å². The van der Waals surface area contributed by atoms with Gasteiger partial charge < -0.3 is 9.55 Å². The number of benzene rings is 6. The Morgan fingerprint density at radius 2 is 1.37 bits per heavy atom. The monoisotopic (exact) mass is 692 g/mol. The first-order valence-corrected chi connectivity index (χ1v) is 18.4. The lowest BCUT2D eigenvalue weighted by Gasteiger charge is -2.13. The van der Waals surface area contributed by atoms with Crippen LogP contribution in [0.25, 0.3) is 93.8 Å². The van der Waals surface area contributed by atoms with E-state index in [2.05, 4.69) is 198 Å². The van der Waals surface area contributed by atoms with Gasteiger partial charge >= 0.3 is 0 Å². The van der Waals surface area contributed by atoms with Crippen LogP contribution >= 0.6 is 0 Å². The highest BCUT2D eigenvalue weighted by Gasteiger charge is 2.18. The number of aromatic nitrogens is 4. The summed E-state index contributed by atoms with van der Waals surface area (Å²) in [5.41, 5.74) is 13.4. The Hall–Kier alpha value is -7.17. The first-order chi connectivity index (χ1) is 26.7. The molecule has 0 unspecified atom stereocenters. The molecule has 0 amide bonds. The van der Waals surface area contributed by atoms with Gasteiger partial charge in [-0.25, -0.2) is 4.98 Å². The Kier molecular flexibility index (Phi) is 7.48. The number of allylic oxidation sites excluding steroid dienone is 5. The van der Waals surface area contributed by atoms with E-state index >= 15 is 0 Å². The molecule has 0 spiro atoms. The second kappa shape index (κ2) is 12.8. The molecule has 0 atom stereocenters. The molecular formula is C50H36N4. The number of nitrogens with one attached hydrogen (secondary N) is 1. The summed E-state index contributed by atoms with van der Waals surface area (Å²) in [6.07, 6.45) is 10.1. The molecule has 6 aromatic carbocycles. The molecule has 0 radical (unpaired) electrons. The van der Waals surface area contributed by atoms with Crippen molar-refractivity contribution in [3.63, 3.8) is 0 Å². The minimum Gasteiger partial charge on any atom is -0.353 e. The molecule has 1 N–H and O–H groups in total. The maximum atomic E-state index is 5.31. The zero-order chi connectivity index (χ0) is 36.2. The topological polar surface area (TPSA) is 38.5 Å². The fourth-order valence-electron chi connectivity index (χ4n) is 8.05. The van der Waals surface area contributed by atoms with Gasteiger partial charge in [0.2, 0.25) is 0 Å². The predicted molar refractivity (Wildman–Crippen MR) is 229 cm³/mol. The van der Waals surface area contributed by atoms with Crippen LogP contribution in [0.4, 0.5) is 0 Å². The third kappa shape index (κ3) is 5.11. The van der Waals surface area contributed by atoms with Crippen molar-refractivity contribution in [3.8, 4) is 33.8 Å². The molecule has 0 aliphatic carbocycles. The molecule has 10 aromatic rings. The van der Waals surface area contributed by atoms with Gasteiger partial charge in [-0.05, 0) is 95.4 Å². The number of rotatable bonds is 7. The van der Waals surface area contributed by atoms with Gasteiger partial charge in [-0.3, -0.25) is 4.57 Å². The molecule has 0 saturated carbocycles. The SMILES string of the molecule is C=C/C=C\C(=C/C)c1cc(-c2ccccc2)cc(-n2c3ccccc3c3cc(-c4ccc5[nH]c6c(ccc7ccn(-c8ccccc8)c76)c5c4)ccc32)n1. The van der Waals surface area contributed by atoms with Crippen LogP contribution in [0.1, 0.15) is 12.6 Å². The van der Waals surface area contributed by atoms with E-state index < -0.39 is 0 Å². The van der Waals surface area contributed by atoms with Crippen LogP contribution in [0.5, 0.6) is 0 Å². The van der Waals surface area contributed by atoms with E-state index in [1.807, 2.05) is 6.08 Å². The zero-order valence-electron chi connectivity index (χ0n) is 29.9. The standard InChI is InChI=1S/C50H36N4/c1-3-5-14-33(4-2)45-31-38(34-15-8-6-9-16-34)32-48(51-45)54-46-20-13-12-19-40(46)43-30-37(23-26-47(43)54)36-22-25-44-42(29-36)41-24-21-35-27-28-53(50(35)49(41)52-44)39-17-10-7-11-18-39/h3-32,52H,1H2,2H3/b14-5-,33-4+. The molecule has 4 heteroatoms. The number of fused-ring (bicyclic) bond motifs is 8. The summed E-state index contributed by atoms with van der Waals surface area (Å²) in [5.74, 6) is 0.878. The fraction of sp³-hybridized carbons (Fsp3) is 0.0200. The van der Waals surface area contributed by atoms with Gasteiger partial charge in [-0.2, -0.15) is 0 Å². The van der Waals surface area contributed by atoms with Crippen molar-refractivity contribution in [2.45, 2.75) is 6.92 Å². The smallest absolute Gasteiger partial charge is 0.138 e. The summed E-state index contributed by atoms with van der Waals surface area (Å²) in [7, 11) is 0. The van der Waals surface area contributed by atoms with Gasteiger partial charge in [-0.1, -0.05) is 122 Å². The highest BCUT2D eigenvalue weighted by Crippen LogP contribution is 2.39. The van der Waals surface area contributed by atoms with Crippen molar-refractivity contribution in [2.24, 2.45) is 0 Å². The Bertz CT molecular complexity index is 3120. The molecular weight excluding hydrogens is 657 g/mol. The molecule has 4 aromatic heterocycles. The first-order valence-electron chi connectivity index (χ1n) is 18.4. The van der Waals surface area contributed by atoms with Gasteiger partial charge in [0.05, 0.1) is 27.8 Å². The molecule has 0 bridgehead atoms. The predicted octanol–water partition coefficient (Wildman–Crippen LogP) is 13.2. The maximum absolute atomic E-state index is 5.31. The van der Waals surface area contributed by atoms with Crippen molar-refractivity contribution in [1.82, 2.24) is 19.1 Å². The highest BCUT2D eigenvalue weighted by molar-refractivity contribution is 6.17. The molecule has 0 aliphatic heterocycles. The van der Waals surface area contributed by atoms with Crippen molar-refractivity contribution < 1.29 is 0 Å². The number of aromatic amines is 1. The highest BCUT2D eigenvalue weighted by atomic mass is 15.1. The van der Waals surface area contributed by atoms with Crippen LogP contribution < -0.4 is 0 Å². The molecule has 10 rings (SSSR count). The van der Waals surface area contributed by atoms with E-state index in [1.165, 1.54) is 43.6 Å². The average molecular weight is 693 g/mol. The number of pyridine rings is 1. The molecule has 4 nitrogen and oxygen atoms in total. The van der Waals surface area contributed by atoms with Gasteiger partial charge in [0.25, 0.3) is 0 Å². The van der Waals surface area contributed by atoms with Gasteiger partial charge in [-0.15, -0.1) is 0 Å². The van der Waals surface area contributed by atoms with E-state index in [-0.39, 0.29) is 0 Å². The Morgan fingerprint density at radius 3 is 2.19 bits per heavy atom. The van der Waals surface area contributed by atoms with Gasteiger partial charge in [0.15, 0.2) is 0 Å². The second-order valence-corrected chi connectivity index (χ2v) is 13.7. The Morgan fingerprint density at radius 1 is 0.630 bits per heavy atom. The van der Waals surface area contributed by atoms with E-state index in [4.69, 9.17) is 4.98 Å². The second-order valence-electron chi connectivity index (χ2n) is 13.7. The lowest BCUT2D eigenvalue weighted by atomic mass is 10.0. The van der Waals surface area contributed by atoms with E-state index in [9.17, 15) is 0 Å². The van der Waals surface area contributed by atoms with Crippen molar-refractivity contribution >= 4 is 60.1 Å². The van der Waals surface area contributed by atoms with E-state index in [0.29, 0.717) is 0 Å². The summed E-state index contributed by atoms with van der Waals surface area (Å²) in [5, 5.41) is 6.03. The number of hydrogen-bond donors (Lipinski definition) is 1. The molecule has 54 heavy (non-hydrogen) atoms. The first kappa shape index (κ1) is 31.6. The van der Waals surface area contributed by atoms with Crippen LogP contribution in [0.15, 0.2) is 189 Å². The lowest BCUT2D eigenvalue weighted by Crippen LogP contribution is -2.01. The maximum Gasteiger partial charge on any atom is 0.138 e. The molecule has 4 heterocycles. The molecule has 0 aliphatic rings. The minimum atomic E-state index is 0.878. The fourth-order valence-corrected chi connectivity index (χ4v) is 8.05. The quantitative estimate of drug-likeness (QED) is 0.166. The summed E-state index contributed by atoms with van der Waals surface area (Å²) in [6.45, 7) is 5.94. The van der Waals surface area contributed by atoms with Crippen LogP contribution in [0, 0.1) is 0 Å². The normalized spacial score (nSPS) is 12.3. The summed E-state index contributed by atoms with van der Waals surface area (Å²) in [6, 6.07) is 54.5. The molecule has 0 fully saturated rings. The number of hydrogen-bond acceptors (Lipinski definition) is 1. The van der Waals surface area contributed by atoms with Gasteiger partial charge in [0, 0.05) is 44.3 Å². The molecule has 256 valence electrons. The summed E-state index contributed by atoms with van der Waals surface area (Å²) >= 11 is 0. The van der Waals surface area contributed by atoms with Crippen molar-refractivity contribution in [1.29, 1.82) is 0 Å². The summed E-state index contributed by atoms with van der Waals surface area (Å²) in [4.78, 5) is 9.08. The summed E-state index contributed by atoms with van der Waals surface area (Å²) < 4.78 is 4.59. The zero-order valence-corrected chi connectivity index (χ0v) is 29.9. The van der Waals surface area contributed by atoms with Crippen LogP contribution in [0.3, 0.4) is 0 Å². The van der Waals surface area contributed by atoms with Crippen LogP contribution in [-0.2, 0) is 0 Å². The van der Waals surface area contributed by atoms with Crippen LogP contribution in [-0.4, -0.2) is 19.1 Å². The Balaban J connectivity index is 1.14. The average Bonchev–Trinajstić information content (AvgIpc) is 3.93. The van der Waals surface area contributed by atoms with Crippen molar-refractivity contribution in [3.05, 3.63) is 194 Å². The van der Waals surface area contributed by atoms with Crippen molar-refractivity contribution in [2.75, 3.05) is 0 Å². The Labute approximate surface area is 313 Å². The third-order valence-electron chi connectivity index (χ3n) is 10.6. The minimum absolute atomic E-state index is 0.878. The number of nitrogens with zero attached hydrogens (tertiary/aromatic N) is 3.